The van der Waals surface area contributed by atoms with Gasteiger partial charge in [0.25, 0.3) is 0 Å². The normalized spacial score (nSPS) is 27.2. The number of halogens is 1. The lowest BCUT2D eigenvalue weighted by Crippen LogP contribution is -2.20. The first-order chi connectivity index (χ1) is 7.87. The van der Waals surface area contributed by atoms with E-state index in [1.165, 1.54) is 30.0 Å². The molecule has 2 unspecified atom stereocenters. The van der Waals surface area contributed by atoms with Gasteiger partial charge in [0.1, 0.15) is 5.82 Å². The molecule has 1 aromatic carbocycles. The monoisotopic (exact) mass is 277 g/mol. The molecule has 0 bridgehead atoms. The zero-order valence-electron chi connectivity index (χ0n) is 8.84. The lowest BCUT2D eigenvalue weighted by molar-refractivity contribution is 0.207. The number of hydrogen-bond acceptors (Lipinski definition) is 5. The van der Waals surface area contributed by atoms with E-state index >= 15 is 0 Å². The van der Waals surface area contributed by atoms with Crippen LogP contribution < -0.4 is 5.73 Å². The first-order valence-electron chi connectivity index (χ1n) is 4.97. The Labute approximate surface area is 103 Å². The Morgan fingerprint density at radius 2 is 2.12 bits per heavy atom. The highest BCUT2D eigenvalue weighted by Crippen LogP contribution is 2.34. The second kappa shape index (κ2) is 4.47. The van der Waals surface area contributed by atoms with Crippen LogP contribution in [0, 0.1) is 5.82 Å². The fourth-order valence-electron chi connectivity index (χ4n) is 1.70. The minimum atomic E-state index is -3.17. The highest BCUT2D eigenvalue weighted by molar-refractivity contribution is 8.02. The highest BCUT2D eigenvalue weighted by Gasteiger charge is 2.37. The largest absolute Gasteiger partial charge is 0.398 e. The van der Waals surface area contributed by atoms with E-state index in [4.69, 9.17) is 5.73 Å². The van der Waals surface area contributed by atoms with Crippen molar-refractivity contribution in [3.8, 4) is 0 Å². The summed E-state index contributed by atoms with van der Waals surface area (Å²) in [6, 6.07) is 3.93. The quantitative estimate of drug-likeness (QED) is 0.776. The number of anilines is 1. The summed E-state index contributed by atoms with van der Waals surface area (Å²) in [5.41, 5.74) is 5.88. The van der Waals surface area contributed by atoms with Crippen molar-refractivity contribution in [2.45, 2.75) is 16.2 Å². The van der Waals surface area contributed by atoms with E-state index in [2.05, 4.69) is 0 Å². The number of thioether (sulfide) groups is 1. The number of rotatable bonds is 2. The van der Waals surface area contributed by atoms with Crippen molar-refractivity contribution in [1.82, 2.24) is 0 Å². The molecule has 17 heavy (non-hydrogen) atoms. The van der Waals surface area contributed by atoms with Gasteiger partial charge in [-0.15, -0.1) is 11.8 Å². The van der Waals surface area contributed by atoms with Crippen LogP contribution in [0.2, 0.25) is 0 Å². The predicted molar refractivity (Wildman–Crippen MR) is 65.1 cm³/mol. The smallest absolute Gasteiger partial charge is 0.154 e. The highest BCUT2D eigenvalue weighted by atomic mass is 32.2. The van der Waals surface area contributed by atoms with E-state index in [9.17, 15) is 17.9 Å². The molecule has 1 fully saturated rings. The van der Waals surface area contributed by atoms with Gasteiger partial charge in [0.05, 0.1) is 22.9 Å². The molecule has 0 spiro atoms. The van der Waals surface area contributed by atoms with Crippen LogP contribution in [0.25, 0.3) is 0 Å². The first-order valence-corrected chi connectivity index (χ1v) is 7.68. The fourth-order valence-corrected chi connectivity index (χ4v) is 5.25. The SMILES string of the molecule is Nc1cc(F)ccc1SC1CS(=O)(=O)CC1O. The molecule has 1 heterocycles. The van der Waals surface area contributed by atoms with Gasteiger partial charge in [-0.2, -0.15) is 0 Å². The maximum atomic E-state index is 12.8. The topological polar surface area (TPSA) is 80.4 Å². The Morgan fingerprint density at radius 3 is 2.65 bits per heavy atom. The molecule has 0 aromatic heterocycles. The summed E-state index contributed by atoms with van der Waals surface area (Å²) in [6.07, 6.45) is -0.894. The van der Waals surface area contributed by atoms with Crippen molar-refractivity contribution >= 4 is 27.3 Å². The van der Waals surface area contributed by atoms with Crippen LogP contribution in [-0.2, 0) is 9.84 Å². The number of nitrogen functional groups attached to an aromatic ring is 1. The molecular weight excluding hydrogens is 265 g/mol. The van der Waals surface area contributed by atoms with Gasteiger partial charge in [-0.3, -0.25) is 0 Å². The number of sulfone groups is 1. The summed E-state index contributed by atoms with van der Waals surface area (Å²) < 4.78 is 35.5. The van der Waals surface area contributed by atoms with Gasteiger partial charge in [-0.1, -0.05) is 0 Å². The van der Waals surface area contributed by atoms with Crippen molar-refractivity contribution in [3.63, 3.8) is 0 Å². The molecule has 1 aromatic rings. The first kappa shape index (κ1) is 12.7. The van der Waals surface area contributed by atoms with E-state index in [-0.39, 0.29) is 17.2 Å². The number of aliphatic hydroxyl groups excluding tert-OH is 1. The molecule has 1 aliphatic rings. The molecule has 4 nitrogen and oxygen atoms in total. The van der Waals surface area contributed by atoms with Crippen molar-refractivity contribution in [2.24, 2.45) is 0 Å². The van der Waals surface area contributed by atoms with Gasteiger partial charge in [0, 0.05) is 10.6 Å². The van der Waals surface area contributed by atoms with Gasteiger partial charge >= 0.3 is 0 Å². The standard InChI is InChI=1S/C10H12FNO3S2/c11-6-1-2-9(7(12)3-6)16-10-5-17(14,15)4-8(10)13/h1-3,8,10,13H,4-5,12H2. The third kappa shape index (κ3) is 2.91. The molecule has 1 saturated heterocycles. The summed E-state index contributed by atoms with van der Waals surface area (Å²) in [4.78, 5) is 0.590. The van der Waals surface area contributed by atoms with Crippen LogP contribution in [0.4, 0.5) is 10.1 Å². The van der Waals surface area contributed by atoms with Crippen LogP contribution in [0.3, 0.4) is 0 Å². The van der Waals surface area contributed by atoms with Crippen LogP contribution >= 0.6 is 11.8 Å². The maximum Gasteiger partial charge on any atom is 0.154 e. The zero-order valence-corrected chi connectivity index (χ0v) is 10.5. The Bertz CT molecular complexity index is 532. The van der Waals surface area contributed by atoms with E-state index in [1.54, 1.807) is 0 Å². The second-order valence-corrected chi connectivity index (χ2v) is 7.42. The molecule has 94 valence electrons. The minimum absolute atomic E-state index is 0.0738. The van der Waals surface area contributed by atoms with Gasteiger partial charge in [0.2, 0.25) is 0 Å². The Morgan fingerprint density at radius 1 is 1.41 bits per heavy atom. The zero-order chi connectivity index (χ0) is 12.6. The van der Waals surface area contributed by atoms with E-state index in [0.717, 1.165) is 0 Å². The van der Waals surface area contributed by atoms with Gasteiger partial charge in [0.15, 0.2) is 9.84 Å². The maximum absolute atomic E-state index is 12.8. The lowest BCUT2D eigenvalue weighted by Gasteiger charge is -2.13. The summed E-state index contributed by atoms with van der Waals surface area (Å²) in [6.45, 7) is 0. The van der Waals surface area contributed by atoms with Crippen LogP contribution in [-0.4, -0.2) is 36.4 Å². The van der Waals surface area contributed by atoms with E-state index < -0.39 is 27.0 Å². The molecule has 0 aliphatic carbocycles. The number of hydrogen-bond donors (Lipinski definition) is 2. The lowest BCUT2D eigenvalue weighted by atomic mass is 10.3. The molecule has 2 rings (SSSR count). The third-order valence-corrected chi connectivity index (χ3v) is 5.86. The van der Waals surface area contributed by atoms with Crippen molar-refractivity contribution < 1.29 is 17.9 Å². The molecule has 3 N–H and O–H groups in total. The summed E-state index contributed by atoms with van der Waals surface area (Å²) in [5, 5.41) is 9.18. The van der Waals surface area contributed by atoms with Gasteiger partial charge < -0.3 is 10.8 Å². The summed E-state index contributed by atoms with van der Waals surface area (Å²) >= 11 is 1.18. The van der Waals surface area contributed by atoms with Crippen LogP contribution in [0.1, 0.15) is 0 Å². The molecule has 1 aliphatic heterocycles. The van der Waals surface area contributed by atoms with E-state index in [0.29, 0.717) is 4.90 Å². The van der Waals surface area contributed by atoms with Crippen molar-refractivity contribution in [2.75, 3.05) is 17.2 Å². The van der Waals surface area contributed by atoms with E-state index in [1.807, 2.05) is 0 Å². The average Bonchev–Trinajstić information content (AvgIpc) is 2.44. The number of benzene rings is 1. The number of aliphatic hydroxyl groups is 1. The molecule has 0 radical (unpaired) electrons. The van der Waals surface area contributed by atoms with Crippen molar-refractivity contribution in [1.29, 1.82) is 0 Å². The van der Waals surface area contributed by atoms with Crippen LogP contribution in [0.5, 0.6) is 0 Å². The number of nitrogens with two attached hydrogens (primary N) is 1. The minimum Gasteiger partial charge on any atom is -0.398 e. The average molecular weight is 277 g/mol. The third-order valence-electron chi connectivity index (χ3n) is 2.52. The Hall–Kier alpha value is -0.790. The second-order valence-electron chi connectivity index (χ2n) is 3.98. The molecule has 0 saturated carbocycles. The predicted octanol–water partition coefficient (Wildman–Crippen LogP) is 0.658. The fraction of sp³-hybridized carbons (Fsp3) is 0.400. The molecule has 0 amide bonds. The summed E-state index contributed by atoms with van der Waals surface area (Å²) in [5.74, 6) is -0.729. The Kier molecular flexibility index (Phi) is 3.33. The molecule has 2 atom stereocenters. The van der Waals surface area contributed by atoms with Crippen molar-refractivity contribution in [3.05, 3.63) is 24.0 Å². The Balaban J connectivity index is 2.17. The van der Waals surface area contributed by atoms with Crippen LogP contribution in [0.15, 0.2) is 23.1 Å². The molecule has 7 heteroatoms. The van der Waals surface area contributed by atoms with Gasteiger partial charge in [-0.05, 0) is 18.2 Å². The molecular formula is C10H12FNO3S2. The summed E-state index contributed by atoms with van der Waals surface area (Å²) in [7, 11) is -3.17. The van der Waals surface area contributed by atoms with Gasteiger partial charge in [-0.25, -0.2) is 12.8 Å².